The highest BCUT2D eigenvalue weighted by molar-refractivity contribution is 5.85. The lowest BCUT2D eigenvalue weighted by molar-refractivity contribution is -0.175. The standard InChI is InChI=1S/C30H48O4/c1-17(15-19(31)24-26(4,5)34-24)18-9-14-29(8)28(18,7)13-10-20-27(6)12-11-22(32)25(2,3)21(27)16-23-30(20,29)33-23/h17-21,23-24,31H,9-16H2,1-8H3/t17-,18+,19-,20-,21+,23+,24+,27-,28+,29+,30-/m1/s1. The number of ether oxygens (including phenoxy) is 2. The molecule has 4 saturated carbocycles. The van der Waals surface area contributed by atoms with Gasteiger partial charge in [-0.3, -0.25) is 4.79 Å². The van der Waals surface area contributed by atoms with Crippen molar-refractivity contribution in [3.63, 3.8) is 0 Å². The molecule has 4 heteroatoms. The van der Waals surface area contributed by atoms with Crippen LogP contribution < -0.4 is 0 Å². The molecule has 6 rings (SSSR count). The van der Waals surface area contributed by atoms with Gasteiger partial charge in [-0.25, -0.2) is 0 Å². The topological polar surface area (TPSA) is 62.4 Å². The fourth-order valence-electron chi connectivity index (χ4n) is 11.1. The van der Waals surface area contributed by atoms with E-state index in [1.807, 2.05) is 0 Å². The minimum Gasteiger partial charge on any atom is -0.390 e. The molecule has 0 aromatic heterocycles. The Morgan fingerprint density at radius 2 is 1.65 bits per heavy atom. The van der Waals surface area contributed by atoms with E-state index in [2.05, 4.69) is 55.4 Å². The number of hydrogen-bond acceptors (Lipinski definition) is 4. The molecule has 6 aliphatic rings. The van der Waals surface area contributed by atoms with E-state index in [1.54, 1.807) is 0 Å². The van der Waals surface area contributed by atoms with Crippen molar-refractivity contribution >= 4 is 5.78 Å². The molecular weight excluding hydrogens is 424 g/mol. The number of fused-ring (bicyclic) bond motifs is 3. The molecule has 1 N–H and O–H groups in total. The van der Waals surface area contributed by atoms with Gasteiger partial charge in [0.25, 0.3) is 0 Å². The maximum atomic E-state index is 12.9. The summed E-state index contributed by atoms with van der Waals surface area (Å²) in [5, 5.41) is 10.9. The van der Waals surface area contributed by atoms with Crippen LogP contribution in [0.25, 0.3) is 0 Å². The maximum Gasteiger partial charge on any atom is 0.138 e. The first-order valence-corrected chi connectivity index (χ1v) is 14.2. The lowest BCUT2D eigenvalue weighted by Gasteiger charge is -2.65. The summed E-state index contributed by atoms with van der Waals surface area (Å²) in [6, 6.07) is 0. The molecule has 34 heavy (non-hydrogen) atoms. The van der Waals surface area contributed by atoms with Gasteiger partial charge in [0.2, 0.25) is 0 Å². The van der Waals surface area contributed by atoms with E-state index in [9.17, 15) is 9.90 Å². The molecule has 0 radical (unpaired) electrons. The highest BCUT2D eigenvalue weighted by atomic mass is 16.6. The average molecular weight is 473 g/mol. The van der Waals surface area contributed by atoms with Gasteiger partial charge in [-0.2, -0.15) is 0 Å². The van der Waals surface area contributed by atoms with Gasteiger partial charge in [0.15, 0.2) is 0 Å². The Hall–Kier alpha value is -0.450. The van der Waals surface area contributed by atoms with E-state index < -0.39 is 0 Å². The largest absolute Gasteiger partial charge is 0.390 e. The fourth-order valence-corrected chi connectivity index (χ4v) is 11.1. The Balaban J connectivity index is 1.28. The summed E-state index contributed by atoms with van der Waals surface area (Å²) >= 11 is 0. The van der Waals surface area contributed by atoms with E-state index in [-0.39, 0.29) is 45.1 Å². The number of aliphatic hydroxyl groups is 1. The number of ketones is 1. The third-order valence-electron chi connectivity index (χ3n) is 13.4. The number of rotatable bonds is 4. The van der Waals surface area contributed by atoms with Crippen LogP contribution in [-0.2, 0) is 14.3 Å². The van der Waals surface area contributed by atoms with Crippen LogP contribution in [-0.4, -0.2) is 40.4 Å². The van der Waals surface area contributed by atoms with Crippen molar-refractivity contribution in [2.75, 3.05) is 0 Å². The lowest BCUT2D eigenvalue weighted by Crippen LogP contribution is -2.65. The van der Waals surface area contributed by atoms with Crippen molar-refractivity contribution in [2.45, 2.75) is 136 Å². The molecule has 0 aromatic carbocycles. The number of carbonyl (C=O) groups is 1. The number of hydrogen-bond donors (Lipinski definition) is 1. The first-order valence-electron chi connectivity index (χ1n) is 14.2. The van der Waals surface area contributed by atoms with Gasteiger partial charge in [0.1, 0.15) is 17.5 Å². The van der Waals surface area contributed by atoms with Gasteiger partial charge in [0, 0.05) is 17.3 Å². The molecule has 11 atom stereocenters. The number of aliphatic hydroxyl groups excluding tert-OH is 1. The van der Waals surface area contributed by atoms with E-state index in [1.165, 1.54) is 25.7 Å². The molecule has 6 fully saturated rings. The summed E-state index contributed by atoms with van der Waals surface area (Å²) in [6.45, 7) is 18.6. The van der Waals surface area contributed by atoms with Crippen molar-refractivity contribution in [3.8, 4) is 0 Å². The molecule has 1 spiro atoms. The molecular formula is C30H48O4. The Bertz CT molecular complexity index is 909. The van der Waals surface area contributed by atoms with Gasteiger partial charge in [-0.1, -0.05) is 41.5 Å². The lowest BCUT2D eigenvalue weighted by atomic mass is 9.38. The van der Waals surface area contributed by atoms with Crippen molar-refractivity contribution in [1.82, 2.24) is 0 Å². The van der Waals surface area contributed by atoms with Gasteiger partial charge in [0.05, 0.1) is 17.8 Å². The van der Waals surface area contributed by atoms with Crippen molar-refractivity contribution in [3.05, 3.63) is 0 Å². The monoisotopic (exact) mass is 472 g/mol. The van der Waals surface area contributed by atoms with Crippen LogP contribution in [0.15, 0.2) is 0 Å². The zero-order valence-corrected chi connectivity index (χ0v) is 22.9. The number of Topliss-reactive ketones (excluding diaryl/α,β-unsaturated/α-hetero) is 1. The Labute approximate surface area is 206 Å². The molecule has 4 aliphatic carbocycles. The quantitative estimate of drug-likeness (QED) is 0.515. The van der Waals surface area contributed by atoms with Crippen LogP contribution in [0, 0.1) is 45.3 Å². The van der Waals surface area contributed by atoms with Gasteiger partial charge >= 0.3 is 0 Å². The fraction of sp³-hybridized carbons (Fsp3) is 0.967. The van der Waals surface area contributed by atoms with Crippen LogP contribution in [0.3, 0.4) is 0 Å². The highest BCUT2D eigenvalue weighted by Crippen LogP contribution is 2.81. The van der Waals surface area contributed by atoms with Crippen molar-refractivity contribution in [1.29, 1.82) is 0 Å². The van der Waals surface area contributed by atoms with Crippen LogP contribution >= 0.6 is 0 Å². The van der Waals surface area contributed by atoms with Gasteiger partial charge < -0.3 is 14.6 Å². The van der Waals surface area contributed by atoms with Gasteiger partial charge in [-0.05, 0) is 93.3 Å². The zero-order chi connectivity index (χ0) is 24.7. The molecule has 0 unspecified atom stereocenters. The van der Waals surface area contributed by atoms with Crippen molar-refractivity contribution in [2.24, 2.45) is 45.3 Å². The second-order valence-electron chi connectivity index (χ2n) is 15.2. The van der Waals surface area contributed by atoms with E-state index in [0.29, 0.717) is 35.6 Å². The predicted octanol–water partition coefficient (Wildman–Crippen LogP) is 5.94. The molecule has 192 valence electrons. The second kappa shape index (κ2) is 6.70. The third kappa shape index (κ3) is 2.64. The minimum absolute atomic E-state index is 0.00357. The molecule has 2 heterocycles. The summed E-state index contributed by atoms with van der Waals surface area (Å²) in [5.74, 6) is 2.56. The van der Waals surface area contributed by atoms with E-state index in [4.69, 9.17) is 9.47 Å². The highest BCUT2D eigenvalue weighted by Gasteiger charge is 2.83. The third-order valence-corrected chi connectivity index (χ3v) is 13.4. The van der Waals surface area contributed by atoms with Crippen LogP contribution in [0.4, 0.5) is 0 Å². The number of epoxide rings is 2. The smallest absolute Gasteiger partial charge is 0.138 e. The Morgan fingerprint density at radius 3 is 2.29 bits per heavy atom. The zero-order valence-electron chi connectivity index (χ0n) is 22.9. The predicted molar refractivity (Wildman–Crippen MR) is 132 cm³/mol. The second-order valence-corrected chi connectivity index (χ2v) is 15.2. The van der Waals surface area contributed by atoms with Crippen LogP contribution in [0.2, 0.25) is 0 Å². The molecule has 4 nitrogen and oxygen atoms in total. The summed E-state index contributed by atoms with van der Waals surface area (Å²) in [4.78, 5) is 12.9. The van der Waals surface area contributed by atoms with Crippen LogP contribution in [0.5, 0.6) is 0 Å². The Morgan fingerprint density at radius 1 is 0.971 bits per heavy atom. The summed E-state index contributed by atoms with van der Waals surface area (Å²) < 4.78 is 12.7. The summed E-state index contributed by atoms with van der Waals surface area (Å²) in [6.07, 6.45) is 8.58. The summed E-state index contributed by atoms with van der Waals surface area (Å²) in [7, 11) is 0. The maximum absolute atomic E-state index is 12.9. The molecule has 0 bridgehead atoms. The molecule has 2 saturated heterocycles. The Kier molecular flexibility index (Phi) is 4.71. The summed E-state index contributed by atoms with van der Waals surface area (Å²) in [5.41, 5.74) is 0.212. The first-order chi connectivity index (χ1) is 15.7. The van der Waals surface area contributed by atoms with Gasteiger partial charge in [-0.15, -0.1) is 0 Å². The molecule has 0 aromatic rings. The molecule has 2 aliphatic heterocycles. The SMILES string of the molecule is C[C@H](C[C@@H](O)[C@@H]1OC1(C)C)[C@@H]1CC[C@]2(C)[C@]34O[C@H]3C[C@H]3C(C)(C)C(=O)CC[C@]3(C)[C@H]4CC[C@@]12C. The number of carbonyl (C=O) groups excluding carboxylic acids is 1. The molecule has 0 amide bonds. The van der Waals surface area contributed by atoms with E-state index >= 15 is 0 Å². The normalized spacial score (nSPS) is 55.9. The van der Waals surface area contributed by atoms with E-state index in [0.717, 1.165) is 25.7 Å². The van der Waals surface area contributed by atoms with Crippen LogP contribution in [0.1, 0.15) is 107 Å². The average Bonchev–Trinajstić information content (AvgIpc) is 3.59. The van der Waals surface area contributed by atoms with Crippen molar-refractivity contribution < 1.29 is 19.4 Å². The first kappa shape index (κ1) is 23.9. The minimum atomic E-state index is -0.365.